The van der Waals surface area contributed by atoms with E-state index in [2.05, 4.69) is 5.16 Å². The molecule has 0 aromatic heterocycles. The average molecular weight is 193 g/mol. The molecule has 0 atom stereocenters. The van der Waals surface area contributed by atoms with E-state index in [1.54, 1.807) is 0 Å². The number of fused-ring (bicyclic) bond motifs is 1. The van der Waals surface area contributed by atoms with E-state index in [1.165, 1.54) is 7.11 Å². The van der Waals surface area contributed by atoms with E-state index in [1.807, 2.05) is 25.1 Å². The molecule has 1 aliphatic heterocycles. The molecule has 1 aliphatic rings. The highest BCUT2D eigenvalue weighted by Gasteiger charge is 2.13. The number of benzene rings is 1. The van der Waals surface area contributed by atoms with Crippen LogP contribution in [0.5, 0.6) is 11.5 Å². The Labute approximate surface area is 82.1 Å². The Hall–Kier alpha value is -1.71. The van der Waals surface area contributed by atoms with Gasteiger partial charge < -0.3 is 14.3 Å². The summed E-state index contributed by atoms with van der Waals surface area (Å²) in [6.07, 6.45) is 0. The standard InChI is InChI=1S/C10H11NO3/c1-7(11-12-2)8-3-4-9-10(5-8)14-6-13-9/h3-5H,6H2,1-2H3/b11-7+. The molecule has 0 N–H and O–H groups in total. The van der Waals surface area contributed by atoms with Gasteiger partial charge in [-0.3, -0.25) is 0 Å². The molecule has 2 rings (SSSR count). The van der Waals surface area contributed by atoms with Gasteiger partial charge in [-0.15, -0.1) is 0 Å². The number of oxime groups is 1. The highest BCUT2D eigenvalue weighted by Crippen LogP contribution is 2.32. The Bertz CT molecular complexity index is 374. The van der Waals surface area contributed by atoms with Crippen LogP contribution in [-0.4, -0.2) is 19.6 Å². The third kappa shape index (κ3) is 1.51. The Morgan fingerprint density at radius 1 is 1.36 bits per heavy atom. The van der Waals surface area contributed by atoms with E-state index >= 15 is 0 Å². The zero-order chi connectivity index (χ0) is 9.97. The fourth-order valence-electron chi connectivity index (χ4n) is 1.31. The second kappa shape index (κ2) is 3.57. The molecule has 14 heavy (non-hydrogen) atoms. The quantitative estimate of drug-likeness (QED) is 0.531. The second-order valence-electron chi connectivity index (χ2n) is 2.93. The van der Waals surface area contributed by atoms with Crippen LogP contribution in [0.4, 0.5) is 0 Å². The number of ether oxygens (including phenoxy) is 2. The summed E-state index contributed by atoms with van der Waals surface area (Å²) in [6, 6.07) is 5.68. The zero-order valence-electron chi connectivity index (χ0n) is 8.11. The molecule has 0 unspecified atom stereocenters. The maximum Gasteiger partial charge on any atom is 0.231 e. The van der Waals surface area contributed by atoms with E-state index in [0.717, 1.165) is 22.8 Å². The van der Waals surface area contributed by atoms with Crippen molar-refractivity contribution in [3.05, 3.63) is 23.8 Å². The molecule has 1 aromatic carbocycles. The Morgan fingerprint density at radius 3 is 2.93 bits per heavy atom. The first-order chi connectivity index (χ1) is 6.81. The second-order valence-corrected chi connectivity index (χ2v) is 2.93. The summed E-state index contributed by atoms with van der Waals surface area (Å²) in [5.74, 6) is 1.53. The average Bonchev–Trinajstić information content (AvgIpc) is 2.64. The summed E-state index contributed by atoms with van der Waals surface area (Å²) in [5, 5.41) is 3.84. The number of nitrogens with zero attached hydrogens (tertiary/aromatic N) is 1. The van der Waals surface area contributed by atoms with Gasteiger partial charge in [-0.1, -0.05) is 5.16 Å². The molecule has 0 saturated heterocycles. The topological polar surface area (TPSA) is 40.0 Å². The van der Waals surface area contributed by atoms with E-state index in [-0.39, 0.29) is 0 Å². The molecule has 0 fully saturated rings. The van der Waals surface area contributed by atoms with Crippen LogP contribution in [0.1, 0.15) is 12.5 Å². The molecule has 0 amide bonds. The lowest BCUT2D eigenvalue weighted by molar-refractivity contribution is 0.174. The van der Waals surface area contributed by atoms with E-state index in [0.29, 0.717) is 6.79 Å². The van der Waals surface area contributed by atoms with Gasteiger partial charge in [0.25, 0.3) is 0 Å². The van der Waals surface area contributed by atoms with Gasteiger partial charge in [0.05, 0.1) is 5.71 Å². The third-order valence-electron chi connectivity index (χ3n) is 2.02. The predicted octanol–water partition coefficient (Wildman–Crippen LogP) is 1.79. The molecular formula is C10H11NO3. The van der Waals surface area contributed by atoms with Gasteiger partial charge in [0.1, 0.15) is 7.11 Å². The molecule has 4 nitrogen and oxygen atoms in total. The minimum absolute atomic E-state index is 0.291. The maximum atomic E-state index is 5.25. The molecular weight excluding hydrogens is 182 g/mol. The van der Waals surface area contributed by atoms with Gasteiger partial charge in [-0.25, -0.2) is 0 Å². The number of rotatable bonds is 2. The van der Waals surface area contributed by atoms with Crippen molar-refractivity contribution in [3.8, 4) is 11.5 Å². The minimum Gasteiger partial charge on any atom is -0.454 e. The Kier molecular flexibility index (Phi) is 2.26. The predicted molar refractivity (Wildman–Crippen MR) is 51.8 cm³/mol. The van der Waals surface area contributed by atoms with Crippen molar-refractivity contribution >= 4 is 5.71 Å². The van der Waals surface area contributed by atoms with Crippen molar-refractivity contribution in [2.45, 2.75) is 6.92 Å². The normalized spacial score (nSPS) is 14.3. The molecule has 0 spiro atoms. The lowest BCUT2D eigenvalue weighted by Crippen LogP contribution is -1.95. The van der Waals surface area contributed by atoms with E-state index in [4.69, 9.17) is 14.3 Å². The SMILES string of the molecule is CO/N=C(\C)c1ccc2c(c1)OCO2. The van der Waals surface area contributed by atoms with Crippen LogP contribution in [-0.2, 0) is 4.84 Å². The largest absolute Gasteiger partial charge is 0.454 e. The summed E-state index contributed by atoms with van der Waals surface area (Å²) >= 11 is 0. The van der Waals surface area contributed by atoms with Gasteiger partial charge in [-0.2, -0.15) is 0 Å². The Balaban J connectivity index is 2.33. The number of hydrogen-bond donors (Lipinski definition) is 0. The van der Waals surface area contributed by atoms with Gasteiger partial charge >= 0.3 is 0 Å². The molecule has 1 heterocycles. The highest BCUT2D eigenvalue weighted by atomic mass is 16.7. The fourth-order valence-corrected chi connectivity index (χ4v) is 1.31. The van der Waals surface area contributed by atoms with Crippen molar-refractivity contribution in [3.63, 3.8) is 0 Å². The van der Waals surface area contributed by atoms with Gasteiger partial charge in [0.2, 0.25) is 6.79 Å². The molecule has 74 valence electrons. The highest BCUT2D eigenvalue weighted by molar-refractivity contribution is 5.98. The Morgan fingerprint density at radius 2 is 2.14 bits per heavy atom. The third-order valence-corrected chi connectivity index (χ3v) is 2.02. The first kappa shape index (κ1) is 8.87. The first-order valence-electron chi connectivity index (χ1n) is 4.29. The van der Waals surface area contributed by atoms with Crippen LogP contribution in [0.3, 0.4) is 0 Å². The summed E-state index contributed by atoms with van der Waals surface area (Å²) < 4.78 is 10.4. The molecule has 0 aliphatic carbocycles. The van der Waals surface area contributed by atoms with Crippen LogP contribution in [0, 0.1) is 0 Å². The van der Waals surface area contributed by atoms with Crippen LogP contribution >= 0.6 is 0 Å². The van der Waals surface area contributed by atoms with E-state index < -0.39 is 0 Å². The van der Waals surface area contributed by atoms with Crippen molar-refractivity contribution in [2.24, 2.45) is 5.16 Å². The van der Waals surface area contributed by atoms with Crippen molar-refractivity contribution < 1.29 is 14.3 Å². The summed E-state index contributed by atoms with van der Waals surface area (Å²) in [5.41, 5.74) is 1.78. The summed E-state index contributed by atoms with van der Waals surface area (Å²) in [4.78, 5) is 4.69. The maximum absolute atomic E-state index is 5.25. The molecule has 1 aromatic rings. The smallest absolute Gasteiger partial charge is 0.231 e. The zero-order valence-corrected chi connectivity index (χ0v) is 8.11. The summed E-state index contributed by atoms with van der Waals surface area (Å²) in [7, 11) is 1.52. The first-order valence-corrected chi connectivity index (χ1v) is 4.29. The van der Waals surface area contributed by atoms with Gasteiger partial charge in [0.15, 0.2) is 11.5 Å². The summed E-state index contributed by atoms with van der Waals surface area (Å²) in [6.45, 7) is 2.17. The van der Waals surface area contributed by atoms with Crippen molar-refractivity contribution in [1.29, 1.82) is 0 Å². The number of hydrogen-bond acceptors (Lipinski definition) is 4. The lowest BCUT2D eigenvalue weighted by atomic mass is 10.1. The molecule has 0 bridgehead atoms. The van der Waals surface area contributed by atoms with Crippen molar-refractivity contribution in [2.75, 3.05) is 13.9 Å². The van der Waals surface area contributed by atoms with Crippen LogP contribution in [0.25, 0.3) is 0 Å². The van der Waals surface area contributed by atoms with E-state index in [9.17, 15) is 0 Å². The monoisotopic (exact) mass is 193 g/mol. The van der Waals surface area contributed by atoms with Crippen molar-refractivity contribution in [1.82, 2.24) is 0 Å². The van der Waals surface area contributed by atoms with Gasteiger partial charge in [-0.05, 0) is 25.1 Å². The van der Waals surface area contributed by atoms with Crippen LogP contribution in [0.15, 0.2) is 23.4 Å². The molecule has 4 heteroatoms. The van der Waals surface area contributed by atoms with Gasteiger partial charge in [0, 0.05) is 5.56 Å². The molecule has 0 radical (unpaired) electrons. The molecule has 0 saturated carbocycles. The van der Waals surface area contributed by atoms with Crippen LogP contribution < -0.4 is 9.47 Å². The minimum atomic E-state index is 0.291. The van der Waals surface area contributed by atoms with Crippen LogP contribution in [0.2, 0.25) is 0 Å². The lowest BCUT2D eigenvalue weighted by Gasteiger charge is -2.01. The fraction of sp³-hybridized carbons (Fsp3) is 0.300.